The van der Waals surface area contributed by atoms with Gasteiger partial charge in [0.15, 0.2) is 17.1 Å². The summed E-state index contributed by atoms with van der Waals surface area (Å²) in [5, 5.41) is 13.2. The first-order valence-electron chi connectivity index (χ1n) is 10.3. The Morgan fingerprint density at radius 1 is 1.25 bits per heavy atom. The Labute approximate surface area is 161 Å². The third-order valence-electron chi connectivity index (χ3n) is 6.51. The molecule has 28 heavy (non-hydrogen) atoms. The molecule has 1 N–H and O–H groups in total. The molecule has 4 aromatic rings. The van der Waals surface area contributed by atoms with Gasteiger partial charge in [0.05, 0.1) is 11.7 Å². The molecule has 144 valence electrons. The highest BCUT2D eigenvalue weighted by atomic mass is 16.5. The highest BCUT2D eigenvalue weighted by Gasteiger charge is 2.38. The van der Waals surface area contributed by atoms with Crippen LogP contribution >= 0.6 is 0 Å². The Morgan fingerprint density at radius 2 is 2.18 bits per heavy atom. The summed E-state index contributed by atoms with van der Waals surface area (Å²) in [6.45, 7) is 2.27. The molecule has 6 rings (SSSR count). The maximum Gasteiger partial charge on any atom is 0.226 e. The van der Waals surface area contributed by atoms with Crippen LogP contribution in [0.25, 0.3) is 16.8 Å². The van der Waals surface area contributed by atoms with Gasteiger partial charge in [-0.3, -0.25) is 4.40 Å². The van der Waals surface area contributed by atoms with Crippen molar-refractivity contribution in [1.29, 1.82) is 0 Å². The van der Waals surface area contributed by atoms with Crippen LogP contribution in [0.4, 0.5) is 0 Å². The van der Waals surface area contributed by atoms with E-state index in [0.717, 1.165) is 53.6 Å². The average molecular weight is 377 g/mol. The maximum absolute atomic E-state index is 5.53. The SMILES string of the molecule is CC[C@@H]1C[C@@H](Cc2nc(C3CC3)no2)C[C@@H]1c1nnc2cnc3[nH]ccc3n12. The highest BCUT2D eigenvalue weighted by Crippen LogP contribution is 2.46. The van der Waals surface area contributed by atoms with Crippen LogP contribution < -0.4 is 0 Å². The van der Waals surface area contributed by atoms with Crippen molar-refractivity contribution in [2.75, 3.05) is 0 Å². The van der Waals surface area contributed by atoms with Gasteiger partial charge in [-0.2, -0.15) is 4.98 Å². The molecule has 8 nitrogen and oxygen atoms in total. The standard InChI is InChI=1S/C20H23N7O/c1-2-12-7-11(9-17-23-18(26-28-17)13-3-4-13)8-14(12)20-25-24-16-10-22-19-15(27(16)20)5-6-21-19/h5-6,10-14,21H,2-4,7-9H2,1H3/t11-,12-,14+/m1/s1. The van der Waals surface area contributed by atoms with Crippen molar-refractivity contribution in [3.05, 3.63) is 36.0 Å². The maximum atomic E-state index is 5.53. The molecule has 8 heteroatoms. The van der Waals surface area contributed by atoms with Crippen molar-refractivity contribution in [2.45, 2.75) is 57.3 Å². The van der Waals surface area contributed by atoms with Crippen molar-refractivity contribution in [3.63, 3.8) is 0 Å². The van der Waals surface area contributed by atoms with E-state index in [1.807, 2.05) is 12.3 Å². The second-order valence-corrected chi connectivity index (χ2v) is 8.36. The first-order valence-corrected chi connectivity index (χ1v) is 10.3. The minimum atomic E-state index is 0.385. The summed E-state index contributed by atoms with van der Waals surface area (Å²) < 4.78 is 7.71. The van der Waals surface area contributed by atoms with Crippen molar-refractivity contribution in [1.82, 2.24) is 34.7 Å². The summed E-state index contributed by atoms with van der Waals surface area (Å²) in [6.07, 6.45) is 10.4. The zero-order valence-electron chi connectivity index (χ0n) is 15.9. The van der Waals surface area contributed by atoms with Gasteiger partial charge in [0, 0.05) is 24.5 Å². The van der Waals surface area contributed by atoms with Crippen LogP contribution in [0, 0.1) is 11.8 Å². The van der Waals surface area contributed by atoms with Crippen LogP contribution in [-0.2, 0) is 6.42 Å². The Bertz CT molecular complexity index is 1140. The van der Waals surface area contributed by atoms with Crippen LogP contribution in [0.1, 0.15) is 68.4 Å². The summed E-state index contributed by atoms with van der Waals surface area (Å²) >= 11 is 0. The minimum Gasteiger partial charge on any atom is -0.345 e. The molecule has 0 aliphatic heterocycles. The number of rotatable bonds is 5. The molecule has 2 saturated carbocycles. The van der Waals surface area contributed by atoms with Gasteiger partial charge in [-0.15, -0.1) is 10.2 Å². The van der Waals surface area contributed by atoms with E-state index in [4.69, 9.17) is 4.52 Å². The van der Waals surface area contributed by atoms with E-state index in [1.165, 1.54) is 19.3 Å². The average Bonchev–Trinajstić information content (AvgIpc) is 3.12. The number of H-pyrrole nitrogens is 1. The molecule has 2 aliphatic carbocycles. The fourth-order valence-electron chi connectivity index (χ4n) is 4.92. The Morgan fingerprint density at radius 3 is 3.04 bits per heavy atom. The molecule has 2 aliphatic rings. The smallest absolute Gasteiger partial charge is 0.226 e. The molecule has 0 aromatic carbocycles. The van der Waals surface area contributed by atoms with Gasteiger partial charge < -0.3 is 9.51 Å². The third-order valence-corrected chi connectivity index (χ3v) is 6.51. The highest BCUT2D eigenvalue weighted by molar-refractivity contribution is 5.74. The molecule has 4 heterocycles. The lowest BCUT2D eigenvalue weighted by Gasteiger charge is -2.16. The van der Waals surface area contributed by atoms with Gasteiger partial charge in [0.1, 0.15) is 5.82 Å². The summed E-state index contributed by atoms with van der Waals surface area (Å²) in [6, 6.07) is 2.05. The topological polar surface area (TPSA) is 97.8 Å². The predicted octanol–water partition coefficient (Wildman–Crippen LogP) is 3.63. The molecule has 0 spiro atoms. The number of aromatic nitrogens is 7. The molecular formula is C20H23N7O. The number of hydrogen-bond donors (Lipinski definition) is 1. The van der Waals surface area contributed by atoms with Gasteiger partial charge in [-0.05, 0) is 43.6 Å². The lowest BCUT2D eigenvalue weighted by molar-refractivity contribution is 0.346. The van der Waals surface area contributed by atoms with Crippen molar-refractivity contribution >= 4 is 16.8 Å². The van der Waals surface area contributed by atoms with Crippen LogP contribution in [0.2, 0.25) is 0 Å². The van der Waals surface area contributed by atoms with E-state index in [1.54, 1.807) is 6.20 Å². The van der Waals surface area contributed by atoms with Gasteiger partial charge in [0.2, 0.25) is 5.89 Å². The number of nitrogens with one attached hydrogen (secondary N) is 1. The van der Waals surface area contributed by atoms with Crippen LogP contribution in [-0.4, -0.2) is 34.7 Å². The van der Waals surface area contributed by atoms with E-state index in [9.17, 15) is 0 Å². The summed E-state index contributed by atoms with van der Waals surface area (Å²) in [4.78, 5) is 12.3. The molecule has 0 radical (unpaired) electrons. The molecule has 0 unspecified atom stereocenters. The van der Waals surface area contributed by atoms with Crippen molar-refractivity contribution in [2.24, 2.45) is 11.8 Å². The second-order valence-electron chi connectivity index (χ2n) is 8.36. The Balaban J connectivity index is 1.30. The Hall–Kier alpha value is -2.77. The number of aromatic amines is 1. The number of nitrogens with zero attached hydrogens (tertiary/aromatic N) is 6. The molecule has 4 aromatic heterocycles. The van der Waals surface area contributed by atoms with E-state index in [0.29, 0.717) is 23.7 Å². The monoisotopic (exact) mass is 377 g/mol. The molecule has 2 fully saturated rings. The first-order chi connectivity index (χ1) is 13.8. The van der Waals surface area contributed by atoms with Crippen molar-refractivity contribution in [3.8, 4) is 0 Å². The molecule has 0 bridgehead atoms. The van der Waals surface area contributed by atoms with Crippen LogP contribution in [0.15, 0.2) is 23.0 Å². The summed E-state index contributed by atoms with van der Waals surface area (Å²) in [5.41, 5.74) is 2.72. The number of hydrogen-bond acceptors (Lipinski definition) is 6. The second kappa shape index (κ2) is 6.12. The van der Waals surface area contributed by atoms with Gasteiger partial charge in [0.25, 0.3) is 0 Å². The van der Waals surface area contributed by atoms with Crippen molar-refractivity contribution < 1.29 is 4.52 Å². The quantitative estimate of drug-likeness (QED) is 0.570. The summed E-state index contributed by atoms with van der Waals surface area (Å²) in [7, 11) is 0. The molecule has 0 saturated heterocycles. The van der Waals surface area contributed by atoms with E-state index in [-0.39, 0.29) is 0 Å². The van der Waals surface area contributed by atoms with Gasteiger partial charge >= 0.3 is 0 Å². The van der Waals surface area contributed by atoms with Gasteiger partial charge in [-0.1, -0.05) is 18.5 Å². The van der Waals surface area contributed by atoms with E-state index in [2.05, 4.69) is 41.6 Å². The lowest BCUT2D eigenvalue weighted by Crippen LogP contribution is -2.09. The van der Waals surface area contributed by atoms with E-state index >= 15 is 0 Å². The molecular weight excluding hydrogens is 354 g/mol. The zero-order valence-corrected chi connectivity index (χ0v) is 15.9. The molecule has 3 atom stereocenters. The fraction of sp³-hybridized carbons (Fsp3) is 0.550. The van der Waals surface area contributed by atoms with E-state index < -0.39 is 0 Å². The normalized spacial score (nSPS) is 25.2. The van der Waals surface area contributed by atoms with Gasteiger partial charge in [-0.25, -0.2) is 4.98 Å². The van der Waals surface area contributed by atoms with Crippen LogP contribution in [0.5, 0.6) is 0 Å². The first kappa shape index (κ1) is 16.2. The third kappa shape index (κ3) is 2.54. The predicted molar refractivity (Wildman–Crippen MR) is 102 cm³/mol. The zero-order chi connectivity index (χ0) is 18.7. The fourth-order valence-corrected chi connectivity index (χ4v) is 4.92. The largest absolute Gasteiger partial charge is 0.345 e. The lowest BCUT2D eigenvalue weighted by atomic mass is 9.93. The molecule has 0 amide bonds. The minimum absolute atomic E-state index is 0.385. The number of fused-ring (bicyclic) bond motifs is 3. The van der Waals surface area contributed by atoms with Crippen LogP contribution in [0.3, 0.4) is 0 Å². The summed E-state index contributed by atoms with van der Waals surface area (Å²) in [5.74, 6) is 4.81. The Kier molecular flexibility index (Phi) is 3.54.